The number of ketones is 1. The molecule has 0 saturated heterocycles. The van der Waals surface area contributed by atoms with E-state index in [4.69, 9.17) is 8.85 Å². The molecule has 4 nitrogen and oxygen atoms in total. The van der Waals surface area contributed by atoms with Crippen molar-refractivity contribution in [2.45, 2.75) is 124 Å². The smallest absolute Gasteiger partial charge is 0.261 e. The van der Waals surface area contributed by atoms with E-state index in [1.165, 1.54) is 21.5 Å². The van der Waals surface area contributed by atoms with Gasteiger partial charge in [0.2, 0.25) is 0 Å². The van der Waals surface area contributed by atoms with E-state index in [0.717, 1.165) is 44.0 Å². The van der Waals surface area contributed by atoms with Gasteiger partial charge >= 0.3 is 0 Å². The Labute approximate surface area is 295 Å². The molecule has 0 saturated carbocycles. The second-order valence-corrected chi connectivity index (χ2v) is 25.1. The van der Waals surface area contributed by atoms with Crippen LogP contribution in [0.4, 0.5) is 0 Å². The topological polar surface area (TPSA) is 52.6 Å². The molecule has 6 heteroatoms. The number of rotatable bonds is 20. The average molecular weight is 689 g/mol. The summed E-state index contributed by atoms with van der Waals surface area (Å²) in [6.45, 7) is 27.7. The predicted molar refractivity (Wildman–Crippen MR) is 210 cm³/mol. The Morgan fingerprint density at radius 2 is 1.33 bits per heavy atom. The number of hydrogen-bond donors (Lipinski definition) is 0. The molecule has 0 aliphatic heterocycles. The van der Waals surface area contributed by atoms with Crippen LogP contribution in [0.15, 0.2) is 96.1 Å². The van der Waals surface area contributed by atoms with E-state index >= 15 is 0 Å². The van der Waals surface area contributed by atoms with Crippen LogP contribution >= 0.6 is 0 Å². The molecule has 0 aromatic heterocycles. The minimum atomic E-state index is -2.72. The Balaban J connectivity index is 2.41. The maximum atomic E-state index is 12.2. The summed E-state index contributed by atoms with van der Waals surface area (Å²) in [7, 11) is -4.67. The van der Waals surface area contributed by atoms with Gasteiger partial charge in [-0.15, -0.1) is 0 Å². The molecular formula is C42H64O4Si2. The van der Waals surface area contributed by atoms with Crippen LogP contribution in [0.25, 0.3) is 0 Å². The third-order valence-electron chi connectivity index (χ3n) is 10.0. The average Bonchev–Trinajstić information content (AvgIpc) is 3.02. The van der Waals surface area contributed by atoms with Gasteiger partial charge in [0.1, 0.15) is 12.1 Å². The van der Waals surface area contributed by atoms with Gasteiger partial charge in [0, 0.05) is 12.8 Å². The number of Topliss-reactive ketones (excluding diaryl/α,β-unsaturated/α-hetero) is 1. The number of benzene rings is 2. The molecule has 0 amide bonds. The van der Waals surface area contributed by atoms with Crippen molar-refractivity contribution < 1.29 is 18.4 Å². The molecule has 0 aliphatic rings. The Hall–Kier alpha value is -2.65. The number of carbonyl (C=O) groups excluding carboxylic acids is 2. The summed E-state index contributed by atoms with van der Waals surface area (Å²) in [5, 5.41) is 2.49. The fraction of sp³-hybridized carbons (Fsp3) is 0.524. The van der Waals surface area contributed by atoms with Crippen LogP contribution in [-0.2, 0) is 18.4 Å². The Kier molecular flexibility index (Phi) is 16.4. The first kappa shape index (κ1) is 41.5. The molecule has 264 valence electrons. The van der Waals surface area contributed by atoms with Crippen molar-refractivity contribution in [1.29, 1.82) is 0 Å². The lowest BCUT2D eigenvalue weighted by Crippen LogP contribution is -2.66. The quantitative estimate of drug-likeness (QED) is 0.0789. The summed E-state index contributed by atoms with van der Waals surface area (Å²) >= 11 is 0. The molecule has 0 unspecified atom stereocenters. The van der Waals surface area contributed by atoms with Crippen LogP contribution in [0, 0.1) is 5.92 Å². The van der Waals surface area contributed by atoms with E-state index in [1.54, 1.807) is 6.92 Å². The highest BCUT2D eigenvalue weighted by molar-refractivity contribution is 6.99. The zero-order valence-corrected chi connectivity index (χ0v) is 33.8. The van der Waals surface area contributed by atoms with Gasteiger partial charge in [-0.2, -0.15) is 0 Å². The highest BCUT2D eigenvalue weighted by Crippen LogP contribution is 2.38. The Morgan fingerprint density at radius 3 is 1.81 bits per heavy atom. The molecule has 0 N–H and O–H groups in total. The zero-order valence-electron chi connectivity index (χ0n) is 31.8. The second kappa shape index (κ2) is 18.9. The second-order valence-electron chi connectivity index (χ2n) is 16.0. The highest BCUT2D eigenvalue weighted by Gasteiger charge is 2.50. The molecule has 2 rings (SSSR count). The SMILES string of the molecule is C=C(CO[Si](c1ccccc1)(c1ccccc1)C(C)(C)C)[C@H](C/C=C(/CC/C=C(\C)CCC=O)CO[Si](C)(C)C(C)(C)C)CCC(C)=O. The minimum absolute atomic E-state index is 0.111. The highest BCUT2D eigenvalue weighted by atomic mass is 28.4. The van der Waals surface area contributed by atoms with Gasteiger partial charge in [-0.1, -0.05) is 127 Å². The lowest BCUT2D eigenvalue weighted by atomic mass is 9.90. The summed E-state index contributed by atoms with van der Waals surface area (Å²) in [6, 6.07) is 21.4. The van der Waals surface area contributed by atoms with Gasteiger partial charge in [-0.05, 0) is 96.6 Å². The van der Waals surface area contributed by atoms with Crippen LogP contribution in [0.2, 0.25) is 23.2 Å². The van der Waals surface area contributed by atoms with E-state index in [-0.39, 0.29) is 21.8 Å². The zero-order chi connectivity index (χ0) is 36.0. The maximum Gasteiger partial charge on any atom is 0.261 e. The third-order valence-corrected chi connectivity index (χ3v) is 19.5. The van der Waals surface area contributed by atoms with Crippen LogP contribution in [0.5, 0.6) is 0 Å². The van der Waals surface area contributed by atoms with Crippen molar-refractivity contribution in [2.75, 3.05) is 13.2 Å². The van der Waals surface area contributed by atoms with Crippen LogP contribution in [0.1, 0.15) is 100 Å². The van der Waals surface area contributed by atoms with Crippen LogP contribution < -0.4 is 10.4 Å². The fourth-order valence-corrected chi connectivity index (χ4v) is 11.4. The first-order chi connectivity index (χ1) is 22.4. The molecule has 2 aromatic carbocycles. The van der Waals surface area contributed by atoms with Gasteiger partial charge in [0.05, 0.1) is 13.2 Å². The summed E-state index contributed by atoms with van der Waals surface area (Å²) in [6.07, 6.45) is 10.8. The molecule has 1 atom stereocenters. The molecule has 0 fully saturated rings. The van der Waals surface area contributed by atoms with Crippen molar-refractivity contribution in [3.63, 3.8) is 0 Å². The Bertz CT molecular complexity index is 1320. The van der Waals surface area contributed by atoms with E-state index in [1.807, 2.05) is 0 Å². The summed E-state index contributed by atoms with van der Waals surface area (Å²) in [4.78, 5) is 23.1. The number of carbonyl (C=O) groups is 2. The van der Waals surface area contributed by atoms with Gasteiger partial charge in [-0.3, -0.25) is 0 Å². The van der Waals surface area contributed by atoms with Crippen molar-refractivity contribution in [3.05, 3.63) is 96.1 Å². The predicted octanol–water partition coefficient (Wildman–Crippen LogP) is 10.1. The van der Waals surface area contributed by atoms with Gasteiger partial charge in [0.15, 0.2) is 8.32 Å². The number of allylic oxidation sites excluding steroid dienone is 3. The lowest BCUT2D eigenvalue weighted by Gasteiger charge is -2.43. The lowest BCUT2D eigenvalue weighted by molar-refractivity contribution is -0.117. The summed E-state index contributed by atoms with van der Waals surface area (Å²) < 4.78 is 14.0. The maximum absolute atomic E-state index is 12.2. The molecule has 0 spiro atoms. The molecule has 0 radical (unpaired) electrons. The number of hydrogen-bond acceptors (Lipinski definition) is 4. The van der Waals surface area contributed by atoms with E-state index in [9.17, 15) is 9.59 Å². The van der Waals surface area contributed by atoms with Crippen LogP contribution in [0.3, 0.4) is 0 Å². The molecule has 48 heavy (non-hydrogen) atoms. The summed E-state index contributed by atoms with van der Waals surface area (Å²) in [5.74, 6) is 0.307. The van der Waals surface area contributed by atoms with Crippen LogP contribution in [-0.4, -0.2) is 41.9 Å². The van der Waals surface area contributed by atoms with Crippen molar-refractivity contribution in [1.82, 2.24) is 0 Å². The number of aldehydes is 1. The molecule has 0 heterocycles. The third kappa shape index (κ3) is 12.4. The standard InChI is InChI=1S/C42H64O4Si2/c1-34(21-19-31-43)20-18-22-37(33-45-47(10,11)41(4,5)6)28-30-38(29-27-36(3)44)35(2)32-46-48(42(7,8)9,39-23-14-12-15-24-39)40-25-16-13-17-26-40/h12-17,20,23-26,28,31,38H,2,18-19,21-22,27,29-30,32-33H2,1,3-11H3/b34-20+,37-28-/t38-/m0/s1. The molecule has 0 aliphatic carbocycles. The van der Waals surface area contributed by atoms with E-state index < -0.39 is 16.6 Å². The van der Waals surface area contributed by atoms with Crippen molar-refractivity contribution in [2.24, 2.45) is 5.92 Å². The summed E-state index contributed by atoms with van der Waals surface area (Å²) in [5.41, 5.74) is 3.57. The fourth-order valence-electron chi connectivity index (χ4n) is 5.87. The van der Waals surface area contributed by atoms with Crippen molar-refractivity contribution >= 4 is 39.1 Å². The monoisotopic (exact) mass is 688 g/mol. The normalized spacial score (nSPS) is 14.1. The van der Waals surface area contributed by atoms with Gasteiger partial charge < -0.3 is 18.4 Å². The first-order valence-electron chi connectivity index (χ1n) is 17.8. The molecule has 0 bridgehead atoms. The molecular weight excluding hydrogens is 625 g/mol. The van der Waals surface area contributed by atoms with Gasteiger partial charge in [-0.25, -0.2) is 0 Å². The van der Waals surface area contributed by atoms with E-state index in [0.29, 0.717) is 26.1 Å². The van der Waals surface area contributed by atoms with Gasteiger partial charge in [0.25, 0.3) is 8.32 Å². The Morgan fingerprint density at radius 1 is 0.771 bits per heavy atom. The largest absolute Gasteiger partial charge is 0.413 e. The van der Waals surface area contributed by atoms with E-state index in [2.05, 4.69) is 141 Å². The minimum Gasteiger partial charge on any atom is -0.413 e. The molecule has 2 aromatic rings. The van der Waals surface area contributed by atoms with Crippen molar-refractivity contribution in [3.8, 4) is 0 Å². The first-order valence-corrected chi connectivity index (χ1v) is 22.6.